The van der Waals surface area contributed by atoms with Crippen LogP contribution < -0.4 is 5.32 Å². The minimum absolute atomic E-state index is 0.176. The first kappa shape index (κ1) is 16.1. The Kier molecular flexibility index (Phi) is 4.48. The van der Waals surface area contributed by atoms with Gasteiger partial charge in [0.1, 0.15) is 0 Å². The number of hydrogen-bond donors (Lipinski definition) is 1. The molecule has 2 heterocycles. The molecule has 126 valence electrons. The molecule has 4 nitrogen and oxygen atoms in total. The van der Waals surface area contributed by atoms with Crippen molar-refractivity contribution in [1.29, 1.82) is 0 Å². The maximum absolute atomic E-state index is 13.0. The van der Waals surface area contributed by atoms with E-state index in [0.29, 0.717) is 13.1 Å². The van der Waals surface area contributed by atoms with Crippen molar-refractivity contribution in [3.05, 3.63) is 29.8 Å². The van der Waals surface area contributed by atoms with Gasteiger partial charge < -0.3 is 15.0 Å². The molecule has 2 aliphatic heterocycles. The van der Waals surface area contributed by atoms with Crippen molar-refractivity contribution in [3.8, 4) is 0 Å². The zero-order valence-electron chi connectivity index (χ0n) is 12.6. The Morgan fingerprint density at radius 3 is 2.83 bits per heavy atom. The molecule has 2 fully saturated rings. The van der Waals surface area contributed by atoms with E-state index in [-0.39, 0.29) is 17.7 Å². The van der Waals surface area contributed by atoms with Gasteiger partial charge in [-0.15, -0.1) is 0 Å². The molecule has 2 unspecified atom stereocenters. The second kappa shape index (κ2) is 6.39. The fraction of sp³-hybridized carbons (Fsp3) is 0.562. The molecular formula is C16H19F3N2O2. The number of fused-ring (bicyclic) bond motifs is 1. The van der Waals surface area contributed by atoms with E-state index in [2.05, 4.69) is 5.32 Å². The summed E-state index contributed by atoms with van der Waals surface area (Å²) in [4.78, 5) is 13.9. The molecule has 0 aliphatic carbocycles. The predicted molar refractivity (Wildman–Crippen MR) is 79.1 cm³/mol. The molecule has 0 saturated carbocycles. The third-order valence-electron chi connectivity index (χ3n) is 4.48. The van der Waals surface area contributed by atoms with Crippen molar-refractivity contribution in [2.24, 2.45) is 5.92 Å². The van der Waals surface area contributed by atoms with Crippen molar-refractivity contribution < 1.29 is 22.7 Å². The quantitative estimate of drug-likeness (QED) is 0.853. The lowest BCUT2D eigenvalue weighted by Gasteiger charge is -2.40. The van der Waals surface area contributed by atoms with E-state index in [0.717, 1.165) is 31.9 Å². The number of likely N-dealkylation sites (tertiary alicyclic amines) is 1. The summed E-state index contributed by atoms with van der Waals surface area (Å²) in [6, 6.07) is 4.55. The van der Waals surface area contributed by atoms with Crippen LogP contribution in [0.15, 0.2) is 24.3 Å². The van der Waals surface area contributed by atoms with Gasteiger partial charge in [-0.1, -0.05) is 12.1 Å². The molecule has 1 aromatic carbocycles. The molecule has 0 spiro atoms. The zero-order chi connectivity index (χ0) is 16.4. The standard InChI is InChI=1S/C16H19F3N2O2/c17-16(18,19)12-5-1-2-6-13(12)20-15(22)21-8-7-14-11(10-21)4-3-9-23-14/h1-2,5-6,11,14H,3-4,7-10H2,(H,20,22). The Labute approximate surface area is 132 Å². The van der Waals surface area contributed by atoms with E-state index < -0.39 is 17.8 Å². The summed E-state index contributed by atoms with van der Waals surface area (Å²) in [5.41, 5.74) is -1.03. The number of halogens is 3. The highest BCUT2D eigenvalue weighted by Crippen LogP contribution is 2.35. The maximum Gasteiger partial charge on any atom is 0.418 e. The highest BCUT2D eigenvalue weighted by atomic mass is 19.4. The number of rotatable bonds is 1. The number of carbonyl (C=O) groups excluding carboxylic acids is 1. The summed E-state index contributed by atoms with van der Waals surface area (Å²) >= 11 is 0. The fourth-order valence-corrected chi connectivity index (χ4v) is 3.31. The topological polar surface area (TPSA) is 41.6 Å². The molecule has 2 aliphatic rings. The van der Waals surface area contributed by atoms with Crippen LogP contribution in [0.2, 0.25) is 0 Å². The number of hydrogen-bond acceptors (Lipinski definition) is 2. The molecule has 7 heteroatoms. The summed E-state index contributed by atoms with van der Waals surface area (Å²) in [5.74, 6) is 0.279. The van der Waals surface area contributed by atoms with Crippen LogP contribution in [0.25, 0.3) is 0 Å². The van der Waals surface area contributed by atoms with E-state index >= 15 is 0 Å². The monoisotopic (exact) mass is 328 g/mol. The number of para-hydroxylation sites is 1. The second-order valence-corrected chi connectivity index (χ2v) is 6.02. The first-order valence-electron chi connectivity index (χ1n) is 7.79. The van der Waals surface area contributed by atoms with Crippen molar-refractivity contribution >= 4 is 11.7 Å². The van der Waals surface area contributed by atoms with Gasteiger partial charge >= 0.3 is 12.2 Å². The maximum atomic E-state index is 13.0. The van der Waals surface area contributed by atoms with Gasteiger partial charge in [0.05, 0.1) is 17.4 Å². The number of nitrogens with one attached hydrogen (secondary N) is 1. The molecule has 2 saturated heterocycles. The number of benzene rings is 1. The first-order valence-corrected chi connectivity index (χ1v) is 7.79. The highest BCUT2D eigenvalue weighted by Gasteiger charge is 2.36. The van der Waals surface area contributed by atoms with Crippen molar-refractivity contribution in [2.45, 2.75) is 31.5 Å². The van der Waals surface area contributed by atoms with Gasteiger partial charge in [-0.3, -0.25) is 0 Å². The summed E-state index contributed by atoms with van der Waals surface area (Å²) in [6.07, 6.45) is -1.62. The Morgan fingerprint density at radius 1 is 1.26 bits per heavy atom. The summed E-state index contributed by atoms with van der Waals surface area (Å²) in [7, 11) is 0. The number of carbonyl (C=O) groups is 1. The predicted octanol–water partition coefficient (Wildman–Crippen LogP) is 3.74. The van der Waals surface area contributed by atoms with Crippen LogP contribution in [-0.4, -0.2) is 36.7 Å². The lowest BCUT2D eigenvalue weighted by atomic mass is 9.89. The fourth-order valence-electron chi connectivity index (χ4n) is 3.31. The van der Waals surface area contributed by atoms with Gasteiger partial charge in [-0.05, 0) is 31.4 Å². The molecule has 0 bridgehead atoms. The van der Waals surface area contributed by atoms with E-state index in [1.54, 1.807) is 4.90 Å². The number of amides is 2. The summed E-state index contributed by atoms with van der Waals surface area (Å²) in [6.45, 7) is 1.79. The van der Waals surface area contributed by atoms with Crippen LogP contribution in [0, 0.1) is 5.92 Å². The lowest BCUT2D eigenvalue weighted by molar-refractivity contribution is -0.136. The molecule has 0 aromatic heterocycles. The molecular weight excluding hydrogens is 309 g/mol. The largest absolute Gasteiger partial charge is 0.418 e. The minimum atomic E-state index is -4.49. The van der Waals surface area contributed by atoms with Crippen LogP contribution in [0.5, 0.6) is 0 Å². The van der Waals surface area contributed by atoms with Crippen LogP contribution in [-0.2, 0) is 10.9 Å². The van der Waals surface area contributed by atoms with Gasteiger partial charge in [-0.25, -0.2) is 4.79 Å². The summed E-state index contributed by atoms with van der Waals surface area (Å²) in [5, 5.41) is 2.41. The van der Waals surface area contributed by atoms with Crippen LogP contribution in [0.4, 0.5) is 23.7 Å². The van der Waals surface area contributed by atoms with E-state index in [9.17, 15) is 18.0 Å². The first-order chi connectivity index (χ1) is 10.9. The van der Waals surface area contributed by atoms with Gasteiger partial charge in [0.15, 0.2) is 0 Å². The second-order valence-electron chi connectivity index (χ2n) is 6.02. The average molecular weight is 328 g/mol. The molecule has 23 heavy (non-hydrogen) atoms. The third-order valence-corrected chi connectivity index (χ3v) is 4.48. The number of piperidine rings is 1. The van der Waals surface area contributed by atoms with Crippen LogP contribution in [0.3, 0.4) is 0 Å². The van der Waals surface area contributed by atoms with Gasteiger partial charge in [-0.2, -0.15) is 13.2 Å². The Hall–Kier alpha value is -1.76. The molecule has 0 radical (unpaired) electrons. The Balaban J connectivity index is 1.68. The van der Waals surface area contributed by atoms with E-state index in [1.807, 2.05) is 0 Å². The molecule has 2 atom stereocenters. The van der Waals surface area contributed by atoms with Gasteiger partial charge in [0.2, 0.25) is 0 Å². The zero-order valence-corrected chi connectivity index (χ0v) is 12.6. The smallest absolute Gasteiger partial charge is 0.378 e. The van der Waals surface area contributed by atoms with Gasteiger partial charge in [0, 0.05) is 25.6 Å². The molecule has 3 rings (SSSR count). The number of nitrogens with zero attached hydrogens (tertiary/aromatic N) is 1. The molecule has 2 amide bonds. The molecule has 1 N–H and O–H groups in total. The van der Waals surface area contributed by atoms with Crippen LogP contribution in [0.1, 0.15) is 24.8 Å². The van der Waals surface area contributed by atoms with Crippen molar-refractivity contribution in [1.82, 2.24) is 4.90 Å². The average Bonchev–Trinajstić information content (AvgIpc) is 2.54. The molecule has 1 aromatic rings. The number of ether oxygens (including phenoxy) is 1. The highest BCUT2D eigenvalue weighted by molar-refractivity contribution is 5.90. The van der Waals surface area contributed by atoms with Gasteiger partial charge in [0.25, 0.3) is 0 Å². The Morgan fingerprint density at radius 2 is 2.04 bits per heavy atom. The third kappa shape index (κ3) is 3.60. The van der Waals surface area contributed by atoms with E-state index in [1.165, 1.54) is 18.2 Å². The van der Waals surface area contributed by atoms with E-state index in [4.69, 9.17) is 4.74 Å². The van der Waals surface area contributed by atoms with Crippen molar-refractivity contribution in [3.63, 3.8) is 0 Å². The normalized spacial score (nSPS) is 24.9. The lowest BCUT2D eigenvalue weighted by Crippen LogP contribution is -2.49. The van der Waals surface area contributed by atoms with Crippen molar-refractivity contribution in [2.75, 3.05) is 25.0 Å². The SMILES string of the molecule is O=C(Nc1ccccc1C(F)(F)F)N1CCC2OCCCC2C1. The number of alkyl halides is 3. The van der Waals surface area contributed by atoms with Crippen LogP contribution >= 0.6 is 0 Å². The summed E-state index contributed by atoms with van der Waals surface area (Å²) < 4.78 is 44.6. The Bertz CT molecular complexity index is 577. The number of urea groups is 1. The number of anilines is 1. The minimum Gasteiger partial charge on any atom is -0.378 e.